The molecule has 1 aromatic heterocycles. The molecule has 1 heterocycles. The summed E-state index contributed by atoms with van der Waals surface area (Å²) < 4.78 is 24.9. The second-order valence-electron chi connectivity index (χ2n) is 3.01. The number of aromatic nitrogens is 1. The van der Waals surface area contributed by atoms with Crippen molar-refractivity contribution in [3.05, 3.63) is 35.5 Å². The van der Waals surface area contributed by atoms with Crippen LogP contribution in [0.3, 0.4) is 0 Å². The Morgan fingerprint density at radius 2 is 1.92 bits per heavy atom. The molecule has 0 fully saturated rings. The third-order valence-electron chi connectivity index (χ3n) is 2.22. The third-order valence-corrected chi connectivity index (χ3v) is 2.22. The minimum atomic E-state index is -2.42. The van der Waals surface area contributed by atoms with E-state index in [1.54, 1.807) is 13.0 Å². The number of nitrogens with one attached hydrogen (secondary N) is 1. The summed E-state index contributed by atoms with van der Waals surface area (Å²) in [6, 6.07) is 7.31. The highest BCUT2D eigenvalue weighted by Gasteiger charge is 2.14. The minimum Gasteiger partial charge on any atom is -0.354 e. The summed E-state index contributed by atoms with van der Waals surface area (Å²) in [5.41, 5.74) is 1.45. The molecule has 0 atom stereocenters. The van der Waals surface area contributed by atoms with Gasteiger partial charge in [0.2, 0.25) is 0 Å². The summed E-state index contributed by atoms with van der Waals surface area (Å²) in [6.45, 7) is 1.71. The molecule has 0 saturated heterocycles. The van der Waals surface area contributed by atoms with Crippen LogP contribution in [0.5, 0.6) is 0 Å². The maximum Gasteiger partial charge on any atom is 0.278 e. The standard InChI is InChI=1S/C10H9F2N/c1-6-7-4-2-3-5-8(7)13-9(6)10(11)12/h2-5,10,13H,1H3. The molecule has 0 radical (unpaired) electrons. The van der Waals surface area contributed by atoms with E-state index in [1.165, 1.54) is 0 Å². The lowest BCUT2D eigenvalue weighted by Gasteiger charge is -1.95. The first-order chi connectivity index (χ1) is 6.20. The molecule has 13 heavy (non-hydrogen) atoms. The molecule has 0 saturated carbocycles. The van der Waals surface area contributed by atoms with E-state index in [2.05, 4.69) is 4.98 Å². The van der Waals surface area contributed by atoms with E-state index in [-0.39, 0.29) is 5.69 Å². The van der Waals surface area contributed by atoms with Crippen LogP contribution in [0.4, 0.5) is 8.78 Å². The number of fused-ring (bicyclic) bond motifs is 1. The normalized spacial score (nSPS) is 11.4. The van der Waals surface area contributed by atoms with Crippen LogP contribution in [0.15, 0.2) is 24.3 Å². The van der Waals surface area contributed by atoms with Crippen molar-refractivity contribution < 1.29 is 8.78 Å². The second-order valence-corrected chi connectivity index (χ2v) is 3.01. The van der Waals surface area contributed by atoms with E-state index in [4.69, 9.17) is 0 Å². The van der Waals surface area contributed by atoms with Crippen LogP contribution in [0, 0.1) is 6.92 Å². The predicted molar refractivity (Wildman–Crippen MR) is 48.0 cm³/mol. The van der Waals surface area contributed by atoms with E-state index in [0.29, 0.717) is 5.56 Å². The van der Waals surface area contributed by atoms with Gasteiger partial charge in [0.1, 0.15) is 0 Å². The zero-order valence-electron chi connectivity index (χ0n) is 7.14. The number of hydrogen-bond donors (Lipinski definition) is 1. The second kappa shape index (κ2) is 2.83. The Morgan fingerprint density at radius 1 is 1.23 bits per heavy atom. The molecule has 2 aromatic rings. The molecule has 3 heteroatoms. The number of H-pyrrole nitrogens is 1. The molecule has 0 aliphatic heterocycles. The van der Waals surface area contributed by atoms with Crippen LogP contribution in [0.1, 0.15) is 17.7 Å². The molecule has 0 aliphatic rings. The molecule has 0 amide bonds. The Kier molecular flexibility index (Phi) is 1.79. The van der Waals surface area contributed by atoms with Crippen LogP contribution in [0.25, 0.3) is 10.9 Å². The third kappa shape index (κ3) is 1.20. The van der Waals surface area contributed by atoms with Gasteiger partial charge in [-0.15, -0.1) is 0 Å². The molecular weight excluding hydrogens is 172 g/mol. The van der Waals surface area contributed by atoms with Crippen molar-refractivity contribution in [2.24, 2.45) is 0 Å². The Balaban J connectivity index is 2.74. The van der Waals surface area contributed by atoms with Crippen molar-refractivity contribution >= 4 is 10.9 Å². The number of alkyl halides is 2. The molecule has 1 aromatic carbocycles. The largest absolute Gasteiger partial charge is 0.354 e. The van der Waals surface area contributed by atoms with E-state index in [9.17, 15) is 8.78 Å². The van der Waals surface area contributed by atoms with Crippen molar-refractivity contribution in [3.63, 3.8) is 0 Å². The van der Waals surface area contributed by atoms with E-state index >= 15 is 0 Å². The molecule has 0 unspecified atom stereocenters. The van der Waals surface area contributed by atoms with Gasteiger partial charge in [0.05, 0.1) is 5.69 Å². The van der Waals surface area contributed by atoms with Gasteiger partial charge in [0, 0.05) is 10.9 Å². The van der Waals surface area contributed by atoms with Crippen LogP contribution < -0.4 is 0 Å². The van der Waals surface area contributed by atoms with Crippen molar-refractivity contribution in [1.29, 1.82) is 0 Å². The zero-order valence-corrected chi connectivity index (χ0v) is 7.14. The predicted octanol–water partition coefficient (Wildman–Crippen LogP) is 3.41. The van der Waals surface area contributed by atoms with Crippen LogP contribution in [-0.4, -0.2) is 4.98 Å². The number of aromatic amines is 1. The molecular formula is C10H9F2N. The Bertz CT molecular complexity index is 431. The van der Waals surface area contributed by atoms with Crippen molar-refractivity contribution in [3.8, 4) is 0 Å². The number of aryl methyl sites for hydroxylation is 1. The van der Waals surface area contributed by atoms with Gasteiger partial charge < -0.3 is 4.98 Å². The van der Waals surface area contributed by atoms with Crippen LogP contribution >= 0.6 is 0 Å². The molecule has 0 bridgehead atoms. The summed E-state index contributed by atoms with van der Waals surface area (Å²) >= 11 is 0. The van der Waals surface area contributed by atoms with Gasteiger partial charge in [0.25, 0.3) is 6.43 Å². The Hall–Kier alpha value is -1.38. The van der Waals surface area contributed by atoms with Gasteiger partial charge in [-0.1, -0.05) is 18.2 Å². The average molecular weight is 181 g/mol. The fraction of sp³-hybridized carbons (Fsp3) is 0.200. The minimum absolute atomic E-state index is 0.0289. The number of para-hydroxylation sites is 1. The highest BCUT2D eigenvalue weighted by molar-refractivity contribution is 5.84. The van der Waals surface area contributed by atoms with E-state index in [1.807, 2.05) is 18.2 Å². The summed E-state index contributed by atoms with van der Waals surface area (Å²) in [5, 5.41) is 0.873. The Labute approximate surface area is 74.4 Å². The van der Waals surface area contributed by atoms with Crippen LogP contribution in [0.2, 0.25) is 0 Å². The summed E-state index contributed by atoms with van der Waals surface area (Å²) in [4.78, 5) is 2.71. The molecule has 68 valence electrons. The summed E-state index contributed by atoms with van der Waals surface area (Å²) in [5.74, 6) is 0. The molecule has 1 nitrogen and oxygen atoms in total. The lowest BCUT2D eigenvalue weighted by atomic mass is 10.1. The van der Waals surface area contributed by atoms with Gasteiger partial charge >= 0.3 is 0 Å². The first kappa shape index (κ1) is 8.23. The maximum absolute atomic E-state index is 12.4. The highest BCUT2D eigenvalue weighted by Crippen LogP contribution is 2.28. The quantitative estimate of drug-likeness (QED) is 0.693. The maximum atomic E-state index is 12.4. The average Bonchev–Trinajstić information content (AvgIpc) is 2.45. The van der Waals surface area contributed by atoms with Crippen molar-refractivity contribution in [2.75, 3.05) is 0 Å². The zero-order chi connectivity index (χ0) is 9.42. The molecule has 0 aliphatic carbocycles. The lowest BCUT2D eigenvalue weighted by Crippen LogP contribution is -1.85. The fourth-order valence-corrected chi connectivity index (χ4v) is 1.52. The van der Waals surface area contributed by atoms with Crippen LogP contribution in [-0.2, 0) is 0 Å². The Morgan fingerprint density at radius 3 is 2.54 bits per heavy atom. The molecule has 0 spiro atoms. The van der Waals surface area contributed by atoms with Crippen molar-refractivity contribution in [1.82, 2.24) is 4.98 Å². The van der Waals surface area contributed by atoms with Gasteiger partial charge in [0.15, 0.2) is 0 Å². The number of benzene rings is 1. The summed E-state index contributed by atoms with van der Waals surface area (Å²) in [7, 11) is 0. The first-order valence-corrected chi connectivity index (χ1v) is 4.05. The van der Waals surface area contributed by atoms with Gasteiger partial charge in [-0.05, 0) is 18.6 Å². The number of hydrogen-bond acceptors (Lipinski definition) is 0. The van der Waals surface area contributed by atoms with Gasteiger partial charge in [-0.25, -0.2) is 8.78 Å². The van der Waals surface area contributed by atoms with Gasteiger partial charge in [-0.2, -0.15) is 0 Å². The smallest absolute Gasteiger partial charge is 0.278 e. The van der Waals surface area contributed by atoms with E-state index < -0.39 is 6.43 Å². The van der Waals surface area contributed by atoms with Gasteiger partial charge in [-0.3, -0.25) is 0 Å². The fourth-order valence-electron chi connectivity index (χ4n) is 1.52. The molecule has 2 rings (SSSR count). The topological polar surface area (TPSA) is 15.8 Å². The van der Waals surface area contributed by atoms with Crippen molar-refractivity contribution in [2.45, 2.75) is 13.3 Å². The highest BCUT2D eigenvalue weighted by atomic mass is 19.3. The number of rotatable bonds is 1. The number of halogens is 2. The first-order valence-electron chi connectivity index (χ1n) is 4.05. The van der Waals surface area contributed by atoms with E-state index in [0.717, 1.165) is 10.9 Å². The molecule has 1 N–H and O–H groups in total. The summed E-state index contributed by atoms with van der Waals surface area (Å²) in [6.07, 6.45) is -2.42. The monoisotopic (exact) mass is 181 g/mol. The SMILES string of the molecule is Cc1c(C(F)F)[nH]c2ccccc12. The lowest BCUT2D eigenvalue weighted by molar-refractivity contribution is 0.146.